The Kier molecular flexibility index (Phi) is 4.96. The Balaban J connectivity index is 1.74. The summed E-state index contributed by atoms with van der Waals surface area (Å²) in [5.74, 6) is 0.461. The summed E-state index contributed by atoms with van der Waals surface area (Å²) in [6, 6.07) is 10.0. The van der Waals surface area contributed by atoms with E-state index >= 15 is 0 Å². The number of aliphatic hydroxyl groups excluding tert-OH is 1. The first-order chi connectivity index (χ1) is 9.64. The van der Waals surface area contributed by atoms with Crippen molar-refractivity contribution in [3.05, 3.63) is 42.0 Å². The van der Waals surface area contributed by atoms with E-state index in [0.29, 0.717) is 18.8 Å². The fraction of sp³-hybridized carbons (Fsp3) is 0.471. The van der Waals surface area contributed by atoms with Gasteiger partial charge in [0.25, 0.3) is 0 Å². The second-order valence-electron chi connectivity index (χ2n) is 5.75. The van der Waals surface area contributed by atoms with E-state index in [-0.39, 0.29) is 12.5 Å². The van der Waals surface area contributed by atoms with Gasteiger partial charge in [-0.2, -0.15) is 0 Å². The maximum Gasteiger partial charge on any atom is 0.220 e. The maximum absolute atomic E-state index is 11.9. The van der Waals surface area contributed by atoms with Crippen molar-refractivity contribution in [3.63, 3.8) is 0 Å². The number of hydrogen-bond donors (Lipinski definition) is 2. The molecule has 1 aliphatic rings. The fourth-order valence-electron chi connectivity index (χ4n) is 2.37. The molecule has 0 radical (unpaired) electrons. The van der Waals surface area contributed by atoms with E-state index in [1.807, 2.05) is 49.4 Å². The van der Waals surface area contributed by atoms with Gasteiger partial charge < -0.3 is 10.4 Å². The van der Waals surface area contributed by atoms with E-state index in [9.17, 15) is 9.90 Å². The number of benzene rings is 1. The molecule has 1 aliphatic carbocycles. The molecule has 1 saturated carbocycles. The normalized spacial score (nSPS) is 17.9. The van der Waals surface area contributed by atoms with Gasteiger partial charge in [-0.05, 0) is 37.7 Å². The molecular formula is C17H23NO2. The molecule has 1 amide bonds. The van der Waals surface area contributed by atoms with Crippen LogP contribution in [0.2, 0.25) is 0 Å². The van der Waals surface area contributed by atoms with Gasteiger partial charge in [-0.3, -0.25) is 4.79 Å². The first-order valence-electron chi connectivity index (χ1n) is 7.27. The third-order valence-corrected chi connectivity index (χ3v) is 3.88. The van der Waals surface area contributed by atoms with Crippen LogP contribution in [0.3, 0.4) is 0 Å². The Morgan fingerprint density at radius 3 is 2.70 bits per heavy atom. The second-order valence-corrected chi connectivity index (χ2v) is 5.75. The molecular weight excluding hydrogens is 250 g/mol. The van der Waals surface area contributed by atoms with Crippen LogP contribution < -0.4 is 5.32 Å². The largest absolute Gasteiger partial charge is 0.394 e. The number of hydrogen-bond acceptors (Lipinski definition) is 2. The van der Waals surface area contributed by atoms with E-state index in [2.05, 4.69) is 5.32 Å². The third-order valence-electron chi connectivity index (χ3n) is 3.88. The molecule has 1 aromatic rings. The zero-order valence-electron chi connectivity index (χ0n) is 12.0. The van der Waals surface area contributed by atoms with Gasteiger partial charge >= 0.3 is 0 Å². The molecule has 20 heavy (non-hydrogen) atoms. The number of carbonyl (C=O) groups excluding carboxylic acids is 1. The Labute approximate surface area is 120 Å². The van der Waals surface area contributed by atoms with E-state index in [4.69, 9.17) is 0 Å². The van der Waals surface area contributed by atoms with Crippen LogP contribution in [0.15, 0.2) is 36.4 Å². The van der Waals surface area contributed by atoms with Crippen molar-refractivity contribution in [2.75, 3.05) is 6.61 Å². The third kappa shape index (κ3) is 4.20. The highest BCUT2D eigenvalue weighted by molar-refractivity contribution is 5.77. The summed E-state index contributed by atoms with van der Waals surface area (Å²) >= 11 is 0. The smallest absolute Gasteiger partial charge is 0.220 e. The topological polar surface area (TPSA) is 49.3 Å². The summed E-state index contributed by atoms with van der Waals surface area (Å²) in [6.45, 7) is 1.95. The number of amides is 1. The lowest BCUT2D eigenvalue weighted by atomic mass is 9.96. The molecule has 0 heterocycles. The summed E-state index contributed by atoms with van der Waals surface area (Å²) < 4.78 is 0. The van der Waals surface area contributed by atoms with Gasteiger partial charge in [0.1, 0.15) is 0 Å². The molecule has 0 aliphatic heterocycles. The molecule has 2 N–H and O–H groups in total. The Bertz CT molecular complexity index is 465. The fourth-order valence-corrected chi connectivity index (χ4v) is 2.37. The zero-order valence-corrected chi connectivity index (χ0v) is 12.0. The summed E-state index contributed by atoms with van der Waals surface area (Å²) in [7, 11) is 0. The van der Waals surface area contributed by atoms with Crippen LogP contribution in [0.4, 0.5) is 0 Å². The predicted molar refractivity (Wildman–Crippen MR) is 81.1 cm³/mol. The number of aliphatic hydroxyl groups is 1. The zero-order chi connectivity index (χ0) is 14.4. The minimum absolute atomic E-state index is 0.0171. The molecule has 3 nitrogen and oxygen atoms in total. The number of carbonyl (C=O) groups is 1. The van der Waals surface area contributed by atoms with Crippen molar-refractivity contribution >= 4 is 12.0 Å². The van der Waals surface area contributed by atoms with Crippen molar-refractivity contribution in [1.29, 1.82) is 0 Å². The average molecular weight is 273 g/mol. The van der Waals surface area contributed by atoms with Crippen LogP contribution in [0.5, 0.6) is 0 Å². The first kappa shape index (κ1) is 14.8. The van der Waals surface area contributed by atoms with Crippen LogP contribution in [0, 0.1) is 5.92 Å². The SMILES string of the molecule is CC(CO)(NC(=O)CC/C=C/c1ccccc1)C1CC1. The van der Waals surface area contributed by atoms with Crippen molar-refractivity contribution in [1.82, 2.24) is 5.32 Å². The van der Waals surface area contributed by atoms with Gasteiger partial charge in [-0.15, -0.1) is 0 Å². The molecule has 3 heteroatoms. The lowest BCUT2D eigenvalue weighted by molar-refractivity contribution is -0.123. The van der Waals surface area contributed by atoms with E-state index in [1.54, 1.807) is 0 Å². The Morgan fingerprint density at radius 2 is 2.10 bits per heavy atom. The molecule has 0 aromatic heterocycles. The molecule has 0 saturated heterocycles. The van der Waals surface area contributed by atoms with Gasteiger partial charge in [0.2, 0.25) is 5.91 Å². The van der Waals surface area contributed by atoms with Crippen molar-refractivity contribution < 1.29 is 9.90 Å². The first-order valence-corrected chi connectivity index (χ1v) is 7.27. The highest BCUT2D eigenvalue weighted by Crippen LogP contribution is 2.39. The van der Waals surface area contributed by atoms with Crippen LogP contribution >= 0.6 is 0 Å². The standard InChI is InChI=1S/C17H23NO2/c1-17(13-19,15-11-12-15)18-16(20)10-6-5-9-14-7-3-2-4-8-14/h2-5,7-9,15,19H,6,10-13H2,1H3,(H,18,20)/b9-5+. The van der Waals surface area contributed by atoms with Gasteiger partial charge in [-0.1, -0.05) is 42.5 Å². The van der Waals surface area contributed by atoms with E-state index in [0.717, 1.165) is 18.4 Å². The van der Waals surface area contributed by atoms with Crippen LogP contribution in [0.1, 0.15) is 38.2 Å². The number of allylic oxidation sites excluding steroid dienone is 1. The summed E-state index contributed by atoms with van der Waals surface area (Å²) in [5.41, 5.74) is 0.714. The lowest BCUT2D eigenvalue weighted by Crippen LogP contribution is -2.50. The van der Waals surface area contributed by atoms with Gasteiger partial charge in [0.15, 0.2) is 0 Å². The van der Waals surface area contributed by atoms with Gasteiger partial charge in [0.05, 0.1) is 12.1 Å². The molecule has 1 unspecified atom stereocenters. The minimum atomic E-state index is -0.430. The molecule has 1 aromatic carbocycles. The van der Waals surface area contributed by atoms with Crippen LogP contribution in [0.25, 0.3) is 6.08 Å². The monoisotopic (exact) mass is 273 g/mol. The quantitative estimate of drug-likeness (QED) is 0.802. The van der Waals surface area contributed by atoms with E-state index < -0.39 is 5.54 Å². The number of rotatable bonds is 7. The van der Waals surface area contributed by atoms with Crippen molar-refractivity contribution in [2.24, 2.45) is 5.92 Å². The summed E-state index contributed by atoms with van der Waals surface area (Å²) in [5, 5.41) is 12.4. The van der Waals surface area contributed by atoms with E-state index in [1.165, 1.54) is 0 Å². The molecule has 108 valence electrons. The average Bonchev–Trinajstić information content (AvgIpc) is 3.29. The molecule has 1 atom stereocenters. The Hall–Kier alpha value is -1.61. The highest BCUT2D eigenvalue weighted by Gasteiger charge is 2.41. The summed E-state index contributed by atoms with van der Waals surface area (Å²) in [4.78, 5) is 11.9. The summed E-state index contributed by atoms with van der Waals surface area (Å²) in [6.07, 6.45) is 7.43. The highest BCUT2D eigenvalue weighted by atomic mass is 16.3. The van der Waals surface area contributed by atoms with Crippen LogP contribution in [-0.4, -0.2) is 23.2 Å². The molecule has 1 fully saturated rings. The van der Waals surface area contributed by atoms with Gasteiger partial charge in [0, 0.05) is 6.42 Å². The predicted octanol–water partition coefficient (Wildman–Crippen LogP) is 2.76. The van der Waals surface area contributed by atoms with Gasteiger partial charge in [-0.25, -0.2) is 0 Å². The maximum atomic E-state index is 11.9. The minimum Gasteiger partial charge on any atom is -0.394 e. The lowest BCUT2D eigenvalue weighted by Gasteiger charge is -2.28. The second kappa shape index (κ2) is 6.71. The molecule has 2 rings (SSSR count). The number of nitrogens with one attached hydrogen (secondary N) is 1. The molecule has 0 spiro atoms. The van der Waals surface area contributed by atoms with Crippen molar-refractivity contribution in [2.45, 2.75) is 38.1 Å². The van der Waals surface area contributed by atoms with Crippen molar-refractivity contribution in [3.8, 4) is 0 Å². The van der Waals surface area contributed by atoms with Crippen LogP contribution in [-0.2, 0) is 4.79 Å². The molecule has 0 bridgehead atoms. The Morgan fingerprint density at radius 1 is 1.40 bits per heavy atom.